The van der Waals surface area contributed by atoms with Crippen molar-refractivity contribution in [1.29, 1.82) is 0 Å². The van der Waals surface area contributed by atoms with Crippen LogP contribution in [0, 0.1) is 0 Å². The van der Waals surface area contributed by atoms with Gasteiger partial charge in [0.2, 0.25) is 0 Å². The first-order chi connectivity index (χ1) is 18.7. The van der Waals surface area contributed by atoms with E-state index in [-0.39, 0.29) is 0 Å². The van der Waals surface area contributed by atoms with Gasteiger partial charge in [0, 0.05) is 23.5 Å². The summed E-state index contributed by atoms with van der Waals surface area (Å²) < 4.78 is 4.25. The van der Waals surface area contributed by atoms with Crippen LogP contribution < -0.4 is 11.5 Å². The number of nitrogens with zero attached hydrogens (tertiary/aromatic N) is 4. The summed E-state index contributed by atoms with van der Waals surface area (Å²) in [5, 5.41) is 0.937. The maximum Gasteiger partial charge on any atom is 0.138 e. The zero-order valence-corrected chi connectivity index (χ0v) is 20.5. The summed E-state index contributed by atoms with van der Waals surface area (Å²) in [5.74, 6) is 0.756. The van der Waals surface area contributed by atoms with Crippen molar-refractivity contribution in [2.45, 2.75) is 0 Å². The average Bonchev–Trinajstić information content (AvgIpc) is 3.44. The van der Waals surface area contributed by atoms with Gasteiger partial charge >= 0.3 is 0 Å². The quantitative estimate of drug-likeness (QED) is 0.281. The SMILES string of the molecule is Nc1c(-c2c(N)c3ncccc3n2-c2ccccc2)n(-c2cc(-c3ccccc3)ccn2)c2ccccc12. The third-order valence-corrected chi connectivity index (χ3v) is 7.00. The molecule has 4 aromatic heterocycles. The Balaban J connectivity index is 1.60. The summed E-state index contributed by atoms with van der Waals surface area (Å²) in [7, 11) is 0. The average molecular weight is 493 g/mol. The highest BCUT2D eigenvalue weighted by Crippen LogP contribution is 2.45. The second kappa shape index (κ2) is 8.64. The lowest BCUT2D eigenvalue weighted by molar-refractivity contribution is 1.03. The first-order valence-electron chi connectivity index (χ1n) is 12.4. The van der Waals surface area contributed by atoms with E-state index < -0.39 is 0 Å². The molecule has 0 saturated heterocycles. The Morgan fingerprint density at radius 2 is 1.21 bits per heavy atom. The zero-order chi connectivity index (χ0) is 25.6. The number of pyridine rings is 2. The lowest BCUT2D eigenvalue weighted by atomic mass is 10.1. The van der Waals surface area contributed by atoms with Crippen molar-refractivity contribution in [2.75, 3.05) is 11.5 Å². The first kappa shape index (κ1) is 21.9. The number of aromatic nitrogens is 4. The minimum Gasteiger partial charge on any atom is -0.396 e. The molecule has 6 heteroatoms. The molecule has 3 aromatic carbocycles. The molecule has 182 valence electrons. The van der Waals surface area contributed by atoms with Crippen molar-refractivity contribution < 1.29 is 0 Å². The molecule has 0 aliphatic heterocycles. The molecule has 0 bridgehead atoms. The molecule has 0 saturated carbocycles. The lowest BCUT2D eigenvalue weighted by Crippen LogP contribution is -2.06. The van der Waals surface area contributed by atoms with E-state index in [1.165, 1.54) is 0 Å². The number of fused-ring (bicyclic) bond motifs is 2. The maximum atomic E-state index is 6.96. The molecule has 4 heterocycles. The second-order valence-electron chi connectivity index (χ2n) is 9.19. The fourth-order valence-corrected chi connectivity index (χ4v) is 5.30. The van der Waals surface area contributed by atoms with Gasteiger partial charge in [0.15, 0.2) is 0 Å². The van der Waals surface area contributed by atoms with Crippen LogP contribution in [0.3, 0.4) is 0 Å². The van der Waals surface area contributed by atoms with Crippen molar-refractivity contribution in [1.82, 2.24) is 19.1 Å². The number of hydrogen-bond acceptors (Lipinski definition) is 4. The molecule has 4 N–H and O–H groups in total. The Morgan fingerprint density at radius 1 is 0.526 bits per heavy atom. The number of benzene rings is 3. The van der Waals surface area contributed by atoms with E-state index in [4.69, 9.17) is 16.5 Å². The monoisotopic (exact) mass is 492 g/mol. The summed E-state index contributed by atoms with van der Waals surface area (Å²) in [6.45, 7) is 0. The van der Waals surface area contributed by atoms with Crippen LogP contribution in [0.5, 0.6) is 0 Å². The summed E-state index contributed by atoms with van der Waals surface area (Å²) in [6, 6.07) is 36.6. The van der Waals surface area contributed by atoms with E-state index in [0.717, 1.165) is 56.0 Å². The van der Waals surface area contributed by atoms with Crippen LogP contribution in [0.1, 0.15) is 0 Å². The van der Waals surface area contributed by atoms with Crippen LogP contribution in [-0.4, -0.2) is 19.1 Å². The molecule has 7 aromatic rings. The van der Waals surface area contributed by atoms with Gasteiger partial charge in [0.05, 0.1) is 33.8 Å². The number of nitrogens with two attached hydrogens (primary N) is 2. The van der Waals surface area contributed by atoms with Gasteiger partial charge in [-0.1, -0.05) is 66.7 Å². The summed E-state index contributed by atoms with van der Waals surface area (Å²) in [6.07, 6.45) is 3.60. The third kappa shape index (κ3) is 3.28. The standard InChI is InChI=1S/C32H24N6/c33-28-24-14-7-8-15-25(24)38(27-20-22(17-19-35-27)21-10-3-1-4-11-21)31(28)32-29(34)30-26(16-9-18-36-30)37(32)23-12-5-2-6-13-23/h1-20H,33-34H2. The molecule has 0 spiro atoms. The zero-order valence-electron chi connectivity index (χ0n) is 20.5. The van der Waals surface area contributed by atoms with E-state index >= 15 is 0 Å². The van der Waals surface area contributed by atoms with Gasteiger partial charge in [-0.15, -0.1) is 0 Å². The van der Waals surface area contributed by atoms with Crippen LogP contribution in [0.4, 0.5) is 11.4 Å². The lowest BCUT2D eigenvalue weighted by Gasteiger charge is -2.16. The Bertz CT molecular complexity index is 1930. The predicted molar refractivity (Wildman–Crippen MR) is 155 cm³/mol. The van der Waals surface area contributed by atoms with Gasteiger partial charge in [0.25, 0.3) is 0 Å². The van der Waals surface area contributed by atoms with Gasteiger partial charge in [-0.05, 0) is 53.6 Å². The largest absolute Gasteiger partial charge is 0.396 e. The smallest absolute Gasteiger partial charge is 0.138 e. The van der Waals surface area contributed by atoms with Gasteiger partial charge in [-0.2, -0.15) is 0 Å². The molecule has 0 fully saturated rings. The molecule has 0 aliphatic rings. The molecular formula is C32H24N6. The Morgan fingerprint density at radius 3 is 2.03 bits per heavy atom. The van der Waals surface area contributed by atoms with Crippen LogP contribution in [0.2, 0.25) is 0 Å². The molecule has 0 radical (unpaired) electrons. The Hall–Kier alpha value is -5.36. The molecule has 0 aliphatic carbocycles. The minimum absolute atomic E-state index is 0.569. The van der Waals surface area contributed by atoms with Gasteiger partial charge < -0.3 is 16.0 Å². The highest BCUT2D eigenvalue weighted by Gasteiger charge is 2.27. The Kier molecular flexibility index (Phi) is 4.97. The fraction of sp³-hybridized carbons (Fsp3) is 0. The van der Waals surface area contributed by atoms with Crippen molar-refractivity contribution >= 4 is 33.3 Å². The number of para-hydroxylation sites is 2. The highest BCUT2D eigenvalue weighted by molar-refractivity contribution is 6.08. The van der Waals surface area contributed by atoms with Crippen LogP contribution in [0.15, 0.2) is 122 Å². The van der Waals surface area contributed by atoms with Crippen molar-refractivity contribution in [3.8, 4) is 34.0 Å². The van der Waals surface area contributed by atoms with Crippen LogP contribution >= 0.6 is 0 Å². The summed E-state index contributed by atoms with van der Waals surface area (Å²) in [4.78, 5) is 9.45. The number of anilines is 2. The number of rotatable bonds is 4. The first-order valence-corrected chi connectivity index (χ1v) is 12.4. The van der Waals surface area contributed by atoms with E-state index in [9.17, 15) is 0 Å². The predicted octanol–water partition coefficient (Wildman–Crippen LogP) is 6.86. The van der Waals surface area contributed by atoms with Crippen LogP contribution in [0.25, 0.3) is 56.0 Å². The molecular weight excluding hydrogens is 468 g/mol. The van der Waals surface area contributed by atoms with E-state index in [0.29, 0.717) is 11.4 Å². The number of nitrogen functional groups attached to an aromatic ring is 2. The fourth-order valence-electron chi connectivity index (χ4n) is 5.30. The van der Waals surface area contributed by atoms with Crippen molar-refractivity contribution in [2.24, 2.45) is 0 Å². The summed E-state index contributed by atoms with van der Waals surface area (Å²) in [5.41, 5.74) is 22.4. The minimum atomic E-state index is 0.569. The van der Waals surface area contributed by atoms with E-state index in [2.05, 4.69) is 50.5 Å². The second-order valence-corrected chi connectivity index (χ2v) is 9.19. The molecule has 0 amide bonds. The van der Waals surface area contributed by atoms with Gasteiger partial charge in [-0.3, -0.25) is 9.55 Å². The van der Waals surface area contributed by atoms with Gasteiger partial charge in [0.1, 0.15) is 11.3 Å². The van der Waals surface area contributed by atoms with Crippen LogP contribution in [-0.2, 0) is 0 Å². The Labute approximate surface area is 219 Å². The topological polar surface area (TPSA) is 87.7 Å². The van der Waals surface area contributed by atoms with Gasteiger partial charge in [-0.25, -0.2) is 4.98 Å². The van der Waals surface area contributed by atoms with Crippen molar-refractivity contribution in [3.05, 3.63) is 122 Å². The van der Waals surface area contributed by atoms with Crippen molar-refractivity contribution in [3.63, 3.8) is 0 Å². The molecule has 6 nitrogen and oxygen atoms in total. The van der Waals surface area contributed by atoms with E-state index in [1.807, 2.05) is 79.0 Å². The molecule has 0 unspecified atom stereocenters. The maximum absolute atomic E-state index is 6.96. The molecule has 7 rings (SSSR count). The molecule has 0 atom stereocenters. The third-order valence-electron chi connectivity index (χ3n) is 7.00. The van der Waals surface area contributed by atoms with E-state index in [1.54, 1.807) is 6.20 Å². The normalized spacial score (nSPS) is 11.4. The number of hydrogen-bond donors (Lipinski definition) is 2. The highest BCUT2D eigenvalue weighted by atomic mass is 15.1. The molecule has 38 heavy (non-hydrogen) atoms. The summed E-state index contributed by atoms with van der Waals surface area (Å²) >= 11 is 0.